The van der Waals surface area contributed by atoms with Gasteiger partial charge in [-0.05, 0) is 24.5 Å². The van der Waals surface area contributed by atoms with Crippen LogP contribution in [0.2, 0.25) is 0 Å². The minimum absolute atomic E-state index is 0.256. The number of carbonyl (C=O) groups excluding carboxylic acids is 1. The fraction of sp³-hybridized carbons (Fsp3) is 0.381. The molecule has 0 fully saturated rings. The molecule has 0 N–H and O–H groups in total. The lowest BCUT2D eigenvalue weighted by Gasteiger charge is -2.17. The molecule has 0 amide bonds. The van der Waals surface area contributed by atoms with Crippen LogP contribution in [-0.2, 0) is 4.79 Å². The van der Waals surface area contributed by atoms with Gasteiger partial charge < -0.3 is 4.79 Å². The van der Waals surface area contributed by atoms with E-state index >= 15 is 0 Å². The fourth-order valence-corrected chi connectivity index (χ4v) is 2.24. The SMILES string of the molecule is CC.CC.CC(=O)CCC(c1ccccc1)c1ccccc1. The van der Waals surface area contributed by atoms with E-state index in [1.165, 1.54) is 11.1 Å². The summed E-state index contributed by atoms with van der Waals surface area (Å²) < 4.78 is 0. The first-order valence-corrected chi connectivity index (χ1v) is 8.36. The lowest BCUT2D eigenvalue weighted by Crippen LogP contribution is -2.03. The summed E-state index contributed by atoms with van der Waals surface area (Å²) in [7, 11) is 0. The van der Waals surface area contributed by atoms with E-state index in [1.807, 2.05) is 39.8 Å². The smallest absolute Gasteiger partial charge is 0.129 e. The summed E-state index contributed by atoms with van der Waals surface area (Å²) in [6.07, 6.45) is 1.51. The molecule has 0 heterocycles. The van der Waals surface area contributed by atoms with Gasteiger partial charge in [0.05, 0.1) is 0 Å². The maximum absolute atomic E-state index is 11.2. The Morgan fingerprint density at radius 3 is 1.45 bits per heavy atom. The van der Waals surface area contributed by atoms with Gasteiger partial charge in [-0.15, -0.1) is 0 Å². The van der Waals surface area contributed by atoms with Crippen LogP contribution in [0.1, 0.15) is 64.5 Å². The highest BCUT2D eigenvalue weighted by Crippen LogP contribution is 2.28. The van der Waals surface area contributed by atoms with E-state index in [4.69, 9.17) is 0 Å². The number of carbonyl (C=O) groups is 1. The minimum atomic E-state index is 0.256. The largest absolute Gasteiger partial charge is 0.300 e. The highest BCUT2D eigenvalue weighted by atomic mass is 16.1. The molecule has 1 nitrogen and oxygen atoms in total. The quantitative estimate of drug-likeness (QED) is 0.638. The summed E-state index contributed by atoms with van der Waals surface area (Å²) >= 11 is 0. The Labute approximate surface area is 136 Å². The van der Waals surface area contributed by atoms with E-state index in [9.17, 15) is 4.79 Å². The van der Waals surface area contributed by atoms with Crippen molar-refractivity contribution in [1.29, 1.82) is 0 Å². The van der Waals surface area contributed by atoms with Crippen molar-refractivity contribution in [2.45, 2.75) is 53.4 Å². The minimum Gasteiger partial charge on any atom is -0.300 e. The maximum atomic E-state index is 11.2. The maximum Gasteiger partial charge on any atom is 0.129 e. The monoisotopic (exact) mass is 298 g/mol. The van der Waals surface area contributed by atoms with Crippen molar-refractivity contribution in [3.8, 4) is 0 Å². The zero-order valence-corrected chi connectivity index (χ0v) is 14.7. The Hall–Kier alpha value is -1.89. The van der Waals surface area contributed by atoms with Crippen LogP contribution in [0.5, 0.6) is 0 Å². The lowest BCUT2D eigenvalue weighted by atomic mass is 9.87. The third kappa shape index (κ3) is 7.21. The molecular weight excluding hydrogens is 268 g/mol. The van der Waals surface area contributed by atoms with Gasteiger partial charge in [0.2, 0.25) is 0 Å². The van der Waals surface area contributed by atoms with E-state index in [2.05, 4.69) is 48.5 Å². The molecule has 0 spiro atoms. The normalized spacial score (nSPS) is 9.18. The van der Waals surface area contributed by atoms with Gasteiger partial charge in [-0.2, -0.15) is 0 Å². The summed E-state index contributed by atoms with van der Waals surface area (Å²) in [5, 5.41) is 0. The van der Waals surface area contributed by atoms with Gasteiger partial charge in [0, 0.05) is 12.3 Å². The molecule has 0 saturated heterocycles. The van der Waals surface area contributed by atoms with Gasteiger partial charge in [0.25, 0.3) is 0 Å². The second-order valence-electron chi connectivity index (χ2n) is 4.61. The van der Waals surface area contributed by atoms with E-state index in [-0.39, 0.29) is 5.78 Å². The van der Waals surface area contributed by atoms with Crippen molar-refractivity contribution in [3.05, 3.63) is 71.8 Å². The van der Waals surface area contributed by atoms with Crippen LogP contribution in [0.15, 0.2) is 60.7 Å². The third-order valence-electron chi connectivity index (χ3n) is 3.19. The molecule has 0 aliphatic rings. The molecule has 22 heavy (non-hydrogen) atoms. The van der Waals surface area contributed by atoms with Crippen LogP contribution in [0.25, 0.3) is 0 Å². The molecule has 0 aromatic heterocycles. The highest BCUT2D eigenvalue weighted by Gasteiger charge is 2.14. The Kier molecular flexibility index (Phi) is 11.7. The third-order valence-corrected chi connectivity index (χ3v) is 3.19. The molecular formula is C21H30O. The first-order chi connectivity index (χ1) is 10.8. The lowest BCUT2D eigenvalue weighted by molar-refractivity contribution is -0.117. The van der Waals surface area contributed by atoms with Gasteiger partial charge in [-0.3, -0.25) is 0 Å². The number of Topliss-reactive ketones (excluding diaryl/α,β-unsaturated/α-hetero) is 1. The molecule has 2 aromatic rings. The Morgan fingerprint density at radius 1 is 0.773 bits per heavy atom. The molecule has 0 atom stereocenters. The summed E-state index contributed by atoms with van der Waals surface area (Å²) in [6.45, 7) is 9.66. The summed E-state index contributed by atoms with van der Waals surface area (Å²) in [5.41, 5.74) is 2.56. The first-order valence-electron chi connectivity index (χ1n) is 8.36. The molecule has 0 aliphatic heterocycles. The predicted octanol–water partition coefficient (Wildman–Crippen LogP) is 6.24. The van der Waals surface area contributed by atoms with E-state index in [0.29, 0.717) is 12.3 Å². The van der Waals surface area contributed by atoms with Crippen LogP contribution < -0.4 is 0 Å². The van der Waals surface area contributed by atoms with Crippen LogP contribution in [0, 0.1) is 0 Å². The Balaban J connectivity index is 0.00000102. The van der Waals surface area contributed by atoms with Gasteiger partial charge in [0.15, 0.2) is 0 Å². The van der Waals surface area contributed by atoms with Gasteiger partial charge in [-0.25, -0.2) is 0 Å². The van der Waals surface area contributed by atoms with Crippen molar-refractivity contribution in [1.82, 2.24) is 0 Å². The van der Waals surface area contributed by atoms with Crippen molar-refractivity contribution in [3.63, 3.8) is 0 Å². The summed E-state index contributed by atoms with van der Waals surface area (Å²) in [6, 6.07) is 20.8. The van der Waals surface area contributed by atoms with Crippen molar-refractivity contribution in [2.75, 3.05) is 0 Å². The van der Waals surface area contributed by atoms with Gasteiger partial charge >= 0.3 is 0 Å². The van der Waals surface area contributed by atoms with Crippen LogP contribution >= 0.6 is 0 Å². The molecule has 0 radical (unpaired) electrons. The molecule has 0 aliphatic carbocycles. The summed E-state index contributed by atoms with van der Waals surface area (Å²) in [5.74, 6) is 0.572. The van der Waals surface area contributed by atoms with Crippen LogP contribution in [-0.4, -0.2) is 5.78 Å². The number of hydrogen-bond acceptors (Lipinski definition) is 1. The summed E-state index contributed by atoms with van der Waals surface area (Å²) in [4.78, 5) is 11.2. The van der Waals surface area contributed by atoms with Crippen molar-refractivity contribution < 1.29 is 4.79 Å². The van der Waals surface area contributed by atoms with Crippen LogP contribution in [0.3, 0.4) is 0 Å². The van der Waals surface area contributed by atoms with Crippen molar-refractivity contribution >= 4 is 5.78 Å². The highest BCUT2D eigenvalue weighted by molar-refractivity contribution is 5.75. The first kappa shape index (κ1) is 20.1. The standard InChI is InChI=1S/C17H18O.2C2H6/c1-14(18)12-13-17(15-8-4-2-5-9-15)16-10-6-3-7-11-16;2*1-2/h2-11,17H,12-13H2,1H3;2*1-2H3. The number of rotatable bonds is 5. The second kappa shape index (κ2) is 12.8. The average molecular weight is 298 g/mol. The zero-order valence-electron chi connectivity index (χ0n) is 14.7. The van der Waals surface area contributed by atoms with Crippen LogP contribution in [0.4, 0.5) is 0 Å². The fourth-order valence-electron chi connectivity index (χ4n) is 2.24. The topological polar surface area (TPSA) is 17.1 Å². The molecule has 1 heteroatoms. The molecule has 120 valence electrons. The second-order valence-corrected chi connectivity index (χ2v) is 4.61. The van der Waals surface area contributed by atoms with Crippen molar-refractivity contribution in [2.24, 2.45) is 0 Å². The Morgan fingerprint density at radius 2 is 1.14 bits per heavy atom. The van der Waals surface area contributed by atoms with E-state index in [0.717, 1.165) is 6.42 Å². The zero-order chi connectivity index (χ0) is 16.8. The average Bonchev–Trinajstić information content (AvgIpc) is 2.60. The van der Waals surface area contributed by atoms with Gasteiger partial charge in [-0.1, -0.05) is 88.4 Å². The van der Waals surface area contributed by atoms with E-state index in [1.54, 1.807) is 6.92 Å². The number of hydrogen-bond donors (Lipinski definition) is 0. The molecule has 2 rings (SSSR count). The predicted molar refractivity (Wildman–Crippen MR) is 97.3 cm³/mol. The molecule has 2 aromatic carbocycles. The van der Waals surface area contributed by atoms with E-state index < -0.39 is 0 Å². The molecule has 0 saturated carbocycles. The Bertz CT molecular complexity index is 448. The number of benzene rings is 2. The van der Waals surface area contributed by atoms with Gasteiger partial charge in [0.1, 0.15) is 5.78 Å². The molecule has 0 unspecified atom stereocenters. The molecule has 0 bridgehead atoms. The number of ketones is 1.